The normalized spacial score (nSPS) is 8.86. The van der Waals surface area contributed by atoms with Crippen LogP contribution in [0.1, 0.15) is 38.1 Å². The van der Waals surface area contributed by atoms with Gasteiger partial charge < -0.3 is 9.84 Å². The Bertz CT molecular complexity index is 556. The Hall–Kier alpha value is -1.59. The first kappa shape index (κ1) is 19.4. The molecule has 0 fully saturated rings. The second kappa shape index (κ2) is 10.2. The lowest BCUT2D eigenvalue weighted by Gasteiger charge is -2.10. The zero-order valence-corrected chi connectivity index (χ0v) is 14.4. The number of benzene rings is 1. The number of ether oxygens (including phenoxy) is 1. The first-order valence-corrected chi connectivity index (χ1v) is 7.90. The van der Waals surface area contributed by atoms with Gasteiger partial charge >= 0.3 is 5.97 Å². The van der Waals surface area contributed by atoms with E-state index in [-0.39, 0.29) is 11.3 Å². The van der Waals surface area contributed by atoms with Gasteiger partial charge in [-0.05, 0) is 12.1 Å². The van der Waals surface area contributed by atoms with Crippen LogP contribution < -0.4 is 4.74 Å². The molecule has 0 aliphatic rings. The van der Waals surface area contributed by atoms with E-state index < -0.39 is 5.97 Å². The van der Waals surface area contributed by atoms with Crippen LogP contribution >= 0.6 is 22.9 Å². The number of nitrogens with zero attached hydrogens (tertiary/aromatic N) is 1. The number of aromatic nitrogens is 1. The van der Waals surface area contributed by atoms with Crippen molar-refractivity contribution in [2.75, 3.05) is 7.11 Å². The highest BCUT2D eigenvalue weighted by molar-refractivity contribution is 7.13. The first-order valence-electron chi connectivity index (χ1n) is 6.64. The molecule has 1 heterocycles. The molecular weight excluding hydrogens is 310 g/mol. The van der Waals surface area contributed by atoms with Gasteiger partial charge in [0.1, 0.15) is 16.3 Å². The van der Waals surface area contributed by atoms with E-state index in [9.17, 15) is 4.79 Å². The number of methoxy groups -OCH3 is 1. The second-order valence-electron chi connectivity index (χ2n) is 3.18. The van der Waals surface area contributed by atoms with E-state index in [1.807, 2.05) is 27.7 Å². The molecule has 0 unspecified atom stereocenters. The molecule has 116 valence electrons. The zero-order chi connectivity index (χ0) is 16.4. The Morgan fingerprint density at radius 2 is 1.90 bits per heavy atom. The van der Waals surface area contributed by atoms with Gasteiger partial charge in [-0.25, -0.2) is 9.78 Å². The molecule has 21 heavy (non-hydrogen) atoms. The molecular formula is C15H20ClNO3S. The Balaban J connectivity index is 0.000000921. The number of carbonyl (C=O) groups is 1. The minimum absolute atomic E-state index is 0.0326. The van der Waals surface area contributed by atoms with Crippen molar-refractivity contribution in [3.05, 3.63) is 34.3 Å². The molecule has 0 amide bonds. The van der Waals surface area contributed by atoms with Crippen molar-refractivity contribution >= 4 is 28.9 Å². The largest absolute Gasteiger partial charge is 0.495 e. The van der Waals surface area contributed by atoms with Crippen LogP contribution in [0.2, 0.25) is 5.02 Å². The smallest absolute Gasteiger partial charge is 0.339 e. The van der Waals surface area contributed by atoms with Crippen LogP contribution in [0.4, 0.5) is 0 Å². The summed E-state index contributed by atoms with van der Waals surface area (Å²) >= 11 is 7.29. The molecule has 1 N–H and O–H groups in total. The number of carboxylic acid groups (broad SMARTS) is 1. The van der Waals surface area contributed by atoms with E-state index in [0.29, 0.717) is 15.6 Å². The van der Waals surface area contributed by atoms with Crippen LogP contribution in [0, 0.1) is 0 Å². The Labute approximate surface area is 134 Å². The average Bonchev–Trinajstić information content (AvgIpc) is 3.04. The van der Waals surface area contributed by atoms with Gasteiger partial charge in [-0.1, -0.05) is 39.3 Å². The summed E-state index contributed by atoms with van der Waals surface area (Å²) in [4.78, 5) is 15.2. The summed E-state index contributed by atoms with van der Waals surface area (Å²) in [6.45, 7) is 8.00. The van der Waals surface area contributed by atoms with E-state index in [1.54, 1.807) is 17.6 Å². The van der Waals surface area contributed by atoms with Crippen molar-refractivity contribution in [2.24, 2.45) is 0 Å². The molecule has 1 aromatic heterocycles. The van der Waals surface area contributed by atoms with Crippen LogP contribution in [0.25, 0.3) is 10.6 Å². The summed E-state index contributed by atoms with van der Waals surface area (Å²) in [5.41, 5.74) is 0.623. The number of rotatable bonds is 3. The van der Waals surface area contributed by atoms with Gasteiger partial charge in [0.15, 0.2) is 0 Å². The van der Waals surface area contributed by atoms with Crippen molar-refractivity contribution in [1.29, 1.82) is 0 Å². The molecule has 4 nitrogen and oxygen atoms in total. The summed E-state index contributed by atoms with van der Waals surface area (Å²) in [5.74, 6) is -0.806. The monoisotopic (exact) mass is 329 g/mol. The lowest BCUT2D eigenvalue weighted by atomic mass is 10.1. The van der Waals surface area contributed by atoms with Gasteiger partial charge in [0.25, 0.3) is 0 Å². The number of carboxylic acids is 1. The Kier molecular flexibility index (Phi) is 9.41. The van der Waals surface area contributed by atoms with E-state index in [1.165, 1.54) is 24.5 Å². The maximum atomic E-state index is 11.1. The third kappa shape index (κ3) is 5.02. The number of hydrogen-bond donors (Lipinski definition) is 1. The van der Waals surface area contributed by atoms with Gasteiger partial charge in [0.05, 0.1) is 12.7 Å². The first-order chi connectivity index (χ1) is 10.1. The van der Waals surface area contributed by atoms with Gasteiger partial charge in [-0.2, -0.15) is 0 Å². The van der Waals surface area contributed by atoms with Gasteiger partial charge in [-0.15, -0.1) is 11.3 Å². The number of hydrogen-bond acceptors (Lipinski definition) is 4. The molecule has 0 atom stereocenters. The maximum Gasteiger partial charge on any atom is 0.339 e. The van der Waals surface area contributed by atoms with Crippen LogP contribution in [0.3, 0.4) is 0 Å². The standard InChI is InChI=1S/C11H8ClNO3S.2C2H6/c1-16-9-7(10-13-2-3-17-10)4-6(12)5-8(9)11(14)15;2*1-2/h2-5H,1H3,(H,14,15);2*1-2H3. The molecule has 0 radical (unpaired) electrons. The lowest BCUT2D eigenvalue weighted by molar-refractivity contribution is 0.0693. The number of thiazole rings is 1. The van der Waals surface area contributed by atoms with Crippen molar-refractivity contribution in [1.82, 2.24) is 4.98 Å². The molecule has 0 spiro atoms. The van der Waals surface area contributed by atoms with E-state index in [4.69, 9.17) is 21.4 Å². The van der Waals surface area contributed by atoms with Crippen molar-refractivity contribution < 1.29 is 14.6 Å². The van der Waals surface area contributed by atoms with Crippen LogP contribution in [-0.2, 0) is 0 Å². The predicted molar refractivity (Wildman–Crippen MR) is 88.8 cm³/mol. The van der Waals surface area contributed by atoms with Crippen LogP contribution in [-0.4, -0.2) is 23.2 Å². The number of halogens is 1. The fourth-order valence-corrected chi connectivity index (χ4v) is 2.36. The molecule has 0 saturated heterocycles. The minimum atomic E-state index is -1.08. The van der Waals surface area contributed by atoms with Crippen molar-refractivity contribution in [3.8, 4) is 16.3 Å². The number of aromatic carboxylic acids is 1. The minimum Gasteiger partial charge on any atom is -0.495 e. The Morgan fingerprint density at radius 3 is 2.33 bits per heavy atom. The topological polar surface area (TPSA) is 59.4 Å². The van der Waals surface area contributed by atoms with Gasteiger partial charge in [0.2, 0.25) is 0 Å². The molecule has 2 rings (SSSR count). The predicted octanol–water partition coefficient (Wildman–Crippen LogP) is 5.22. The van der Waals surface area contributed by atoms with E-state index in [2.05, 4.69) is 4.98 Å². The van der Waals surface area contributed by atoms with Crippen molar-refractivity contribution in [3.63, 3.8) is 0 Å². The molecule has 0 bridgehead atoms. The summed E-state index contributed by atoms with van der Waals surface area (Å²) in [6, 6.07) is 3.01. The summed E-state index contributed by atoms with van der Waals surface area (Å²) < 4.78 is 5.14. The highest BCUT2D eigenvalue weighted by atomic mass is 35.5. The summed E-state index contributed by atoms with van der Waals surface area (Å²) in [7, 11) is 1.42. The molecule has 1 aromatic carbocycles. The van der Waals surface area contributed by atoms with Gasteiger partial charge in [-0.3, -0.25) is 0 Å². The summed E-state index contributed by atoms with van der Waals surface area (Å²) in [5, 5.41) is 11.9. The quantitative estimate of drug-likeness (QED) is 0.838. The maximum absolute atomic E-state index is 11.1. The van der Waals surface area contributed by atoms with E-state index >= 15 is 0 Å². The molecule has 0 saturated carbocycles. The molecule has 2 aromatic rings. The third-order valence-corrected chi connectivity index (χ3v) is 3.18. The lowest BCUT2D eigenvalue weighted by Crippen LogP contribution is -2.02. The summed E-state index contributed by atoms with van der Waals surface area (Å²) in [6.07, 6.45) is 1.64. The highest BCUT2D eigenvalue weighted by Gasteiger charge is 2.18. The zero-order valence-electron chi connectivity index (χ0n) is 12.8. The van der Waals surface area contributed by atoms with Gasteiger partial charge in [0, 0.05) is 16.6 Å². The van der Waals surface area contributed by atoms with Crippen LogP contribution in [0.5, 0.6) is 5.75 Å². The van der Waals surface area contributed by atoms with Crippen LogP contribution in [0.15, 0.2) is 23.7 Å². The Morgan fingerprint density at radius 1 is 1.29 bits per heavy atom. The SMILES string of the molecule is CC.CC.COc1c(C(=O)O)cc(Cl)cc1-c1nccs1. The van der Waals surface area contributed by atoms with E-state index in [0.717, 1.165) is 0 Å². The highest BCUT2D eigenvalue weighted by Crippen LogP contribution is 2.36. The fourth-order valence-electron chi connectivity index (χ4n) is 1.49. The molecule has 6 heteroatoms. The molecule has 0 aliphatic carbocycles. The third-order valence-electron chi connectivity index (χ3n) is 2.15. The fraction of sp³-hybridized carbons (Fsp3) is 0.333. The van der Waals surface area contributed by atoms with Crippen molar-refractivity contribution in [2.45, 2.75) is 27.7 Å². The molecule has 0 aliphatic heterocycles. The average molecular weight is 330 g/mol. The second-order valence-corrected chi connectivity index (χ2v) is 4.51.